The Bertz CT molecular complexity index is 659. The zero-order valence-electron chi connectivity index (χ0n) is 11.3. The fraction of sp³-hybridized carbons (Fsp3) is 0.154. The minimum absolute atomic E-state index is 0.147. The van der Waals surface area contributed by atoms with Crippen LogP contribution in [-0.2, 0) is 4.79 Å². The van der Waals surface area contributed by atoms with E-state index >= 15 is 0 Å². The van der Waals surface area contributed by atoms with Crippen molar-refractivity contribution in [1.29, 1.82) is 0 Å². The van der Waals surface area contributed by atoms with Crippen LogP contribution in [-0.4, -0.2) is 21.6 Å². The molecule has 0 aliphatic rings. The van der Waals surface area contributed by atoms with E-state index in [1.807, 2.05) is 25.1 Å². The van der Waals surface area contributed by atoms with Gasteiger partial charge in [0.2, 0.25) is 5.91 Å². The third-order valence-corrected chi connectivity index (χ3v) is 4.26. The van der Waals surface area contributed by atoms with Crippen LogP contribution < -0.4 is 16.8 Å². The number of carbonyl (C=O) groups is 1. The highest BCUT2D eigenvalue weighted by Gasteiger charge is 2.07. The van der Waals surface area contributed by atoms with Gasteiger partial charge >= 0.3 is 0 Å². The Kier molecular flexibility index (Phi) is 5.03. The van der Waals surface area contributed by atoms with Gasteiger partial charge in [-0.25, -0.2) is 9.97 Å². The fourth-order valence-corrected chi connectivity index (χ4v) is 2.50. The lowest BCUT2D eigenvalue weighted by Crippen LogP contribution is -2.14. The van der Waals surface area contributed by atoms with Gasteiger partial charge < -0.3 is 16.8 Å². The molecule has 1 aromatic carbocycles. The molecule has 0 spiro atoms. The van der Waals surface area contributed by atoms with Crippen LogP contribution in [0.4, 0.5) is 17.3 Å². The first-order chi connectivity index (χ1) is 9.94. The molecule has 0 bridgehead atoms. The van der Waals surface area contributed by atoms with Crippen molar-refractivity contribution in [1.82, 2.24) is 9.97 Å². The predicted octanol–water partition coefficient (Wildman–Crippen LogP) is 2.44. The number of amides is 1. The molecule has 2 rings (SSSR count). The molecular formula is C13H14BrN5OS. The molecule has 0 atom stereocenters. The topological polar surface area (TPSA) is 107 Å². The number of thioether (sulfide) groups is 1. The molecule has 21 heavy (non-hydrogen) atoms. The molecule has 110 valence electrons. The molecule has 0 fully saturated rings. The van der Waals surface area contributed by atoms with Crippen molar-refractivity contribution in [2.75, 3.05) is 22.5 Å². The van der Waals surface area contributed by atoms with Gasteiger partial charge in [-0.15, -0.1) is 0 Å². The SMILES string of the molecule is Cc1cc(NC(=O)CSc2nc(N)cc(N)n2)ccc1Br. The number of nitrogens with two attached hydrogens (primary N) is 2. The van der Waals surface area contributed by atoms with Gasteiger partial charge in [0.15, 0.2) is 5.16 Å². The van der Waals surface area contributed by atoms with Crippen molar-refractivity contribution in [3.05, 3.63) is 34.3 Å². The van der Waals surface area contributed by atoms with E-state index in [0.29, 0.717) is 5.16 Å². The predicted molar refractivity (Wildman–Crippen MR) is 89.1 cm³/mol. The van der Waals surface area contributed by atoms with Crippen molar-refractivity contribution in [2.24, 2.45) is 0 Å². The largest absolute Gasteiger partial charge is 0.383 e. The summed E-state index contributed by atoms with van der Waals surface area (Å²) in [6, 6.07) is 7.07. The number of halogens is 1. The number of hydrogen-bond donors (Lipinski definition) is 3. The van der Waals surface area contributed by atoms with Crippen LogP contribution in [0, 0.1) is 6.92 Å². The van der Waals surface area contributed by atoms with Crippen molar-refractivity contribution < 1.29 is 4.79 Å². The van der Waals surface area contributed by atoms with Crippen molar-refractivity contribution in [2.45, 2.75) is 12.1 Å². The molecule has 2 aromatic rings. The highest BCUT2D eigenvalue weighted by molar-refractivity contribution is 9.10. The van der Waals surface area contributed by atoms with E-state index in [1.54, 1.807) is 0 Å². The summed E-state index contributed by atoms with van der Waals surface area (Å²) in [5.41, 5.74) is 12.9. The Morgan fingerprint density at radius 2 is 1.95 bits per heavy atom. The smallest absolute Gasteiger partial charge is 0.234 e. The lowest BCUT2D eigenvalue weighted by atomic mass is 10.2. The second-order valence-electron chi connectivity index (χ2n) is 4.30. The van der Waals surface area contributed by atoms with Gasteiger partial charge in [-0.3, -0.25) is 4.79 Å². The summed E-state index contributed by atoms with van der Waals surface area (Å²) in [4.78, 5) is 19.9. The van der Waals surface area contributed by atoms with Crippen LogP contribution in [0.2, 0.25) is 0 Å². The van der Waals surface area contributed by atoms with E-state index in [-0.39, 0.29) is 23.3 Å². The second-order valence-corrected chi connectivity index (χ2v) is 6.10. The summed E-state index contributed by atoms with van der Waals surface area (Å²) in [6.07, 6.45) is 0. The number of benzene rings is 1. The van der Waals surface area contributed by atoms with Gasteiger partial charge in [0.1, 0.15) is 11.6 Å². The minimum Gasteiger partial charge on any atom is -0.383 e. The van der Waals surface area contributed by atoms with Gasteiger partial charge in [0, 0.05) is 16.2 Å². The molecule has 1 aromatic heterocycles. The van der Waals surface area contributed by atoms with E-state index in [1.165, 1.54) is 17.8 Å². The van der Waals surface area contributed by atoms with Gasteiger partial charge in [-0.2, -0.15) is 0 Å². The zero-order chi connectivity index (χ0) is 15.4. The molecule has 0 aliphatic heterocycles. The molecule has 0 saturated heterocycles. The number of aromatic nitrogens is 2. The van der Waals surface area contributed by atoms with Crippen LogP contribution in [0.15, 0.2) is 33.9 Å². The number of aryl methyl sites for hydroxylation is 1. The summed E-state index contributed by atoms with van der Waals surface area (Å²) >= 11 is 4.59. The zero-order valence-corrected chi connectivity index (χ0v) is 13.7. The maximum Gasteiger partial charge on any atom is 0.234 e. The molecule has 0 unspecified atom stereocenters. The van der Waals surface area contributed by atoms with Crippen molar-refractivity contribution in [3.63, 3.8) is 0 Å². The van der Waals surface area contributed by atoms with E-state index in [2.05, 4.69) is 31.2 Å². The van der Waals surface area contributed by atoms with Crippen molar-refractivity contribution in [3.8, 4) is 0 Å². The Morgan fingerprint density at radius 3 is 2.57 bits per heavy atom. The second kappa shape index (κ2) is 6.77. The summed E-state index contributed by atoms with van der Waals surface area (Å²) in [6.45, 7) is 1.96. The average Bonchev–Trinajstić information content (AvgIpc) is 2.40. The maximum atomic E-state index is 11.9. The third-order valence-electron chi connectivity index (χ3n) is 2.52. The first-order valence-electron chi connectivity index (χ1n) is 6.03. The number of nitrogens with one attached hydrogen (secondary N) is 1. The fourth-order valence-electron chi connectivity index (χ4n) is 1.58. The molecular weight excluding hydrogens is 354 g/mol. The van der Waals surface area contributed by atoms with Crippen LogP contribution >= 0.6 is 27.7 Å². The monoisotopic (exact) mass is 367 g/mol. The number of nitrogen functional groups attached to an aromatic ring is 2. The molecule has 0 saturated carbocycles. The van der Waals surface area contributed by atoms with Gasteiger partial charge in [-0.1, -0.05) is 27.7 Å². The van der Waals surface area contributed by atoms with E-state index < -0.39 is 0 Å². The number of anilines is 3. The normalized spacial score (nSPS) is 10.4. The van der Waals surface area contributed by atoms with E-state index in [4.69, 9.17) is 11.5 Å². The highest BCUT2D eigenvalue weighted by Crippen LogP contribution is 2.21. The summed E-state index contributed by atoms with van der Waals surface area (Å²) in [5.74, 6) is 0.604. The lowest BCUT2D eigenvalue weighted by molar-refractivity contribution is -0.113. The van der Waals surface area contributed by atoms with Crippen LogP contribution in [0.3, 0.4) is 0 Å². The van der Waals surface area contributed by atoms with Crippen LogP contribution in [0.5, 0.6) is 0 Å². The summed E-state index contributed by atoms with van der Waals surface area (Å²) in [7, 11) is 0. The number of nitrogens with zero attached hydrogens (tertiary/aromatic N) is 2. The molecule has 6 nitrogen and oxygen atoms in total. The number of hydrogen-bond acceptors (Lipinski definition) is 6. The Labute approximate surface area is 134 Å². The van der Waals surface area contributed by atoms with Crippen LogP contribution in [0.1, 0.15) is 5.56 Å². The van der Waals surface area contributed by atoms with Gasteiger partial charge in [0.25, 0.3) is 0 Å². The molecule has 0 aliphatic carbocycles. The summed E-state index contributed by atoms with van der Waals surface area (Å²) < 4.78 is 0.999. The van der Waals surface area contributed by atoms with E-state index in [9.17, 15) is 4.79 Å². The minimum atomic E-state index is -0.147. The average molecular weight is 368 g/mol. The first-order valence-corrected chi connectivity index (χ1v) is 7.81. The highest BCUT2D eigenvalue weighted by atomic mass is 79.9. The van der Waals surface area contributed by atoms with Gasteiger partial charge in [0.05, 0.1) is 5.75 Å². The number of rotatable bonds is 4. The molecule has 8 heteroatoms. The Hall–Kier alpha value is -1.80. The Balaban J connectivity index is 1.94. The maximum absolute atomic E-state index is 11.9. The molecule has 0 radical (unpaired) electrons. The van der Waals surface area contributed by atoms with Crippen LogP contribution in [0.25, 0.3) is 0 Å². The quantitative estimate of drug-likeness (QED) is 0.565. The van der Waals surface area contributed by atoms with Gasteiger partial charge in [-0.05, 0) is 30.7 Å². The van der Waals surface area contributed by atoms with Crippen molar-refractivity contribution >= 4 is 50.9 Å². The van der Waals surface area contributed by atoms with E-state index in [0.717, 1.165) is 15.7 Å². The summed E-state index contributed by atoms with van der Waals surface area (Å²) in [5, 5.41) is 3.19. The standard InChI is InChI=1S/C13H14BrN5OS/c1-7-4-8(2-3-9(7)14)17-12(20)6-21-13-18-10(15)5-11(16)19-13/h2-5H,6H2,1H3,(H,17,20)(H4,15,16,18,19). The molecule has 1 heterocycles. The lowest BCUT2D eigenvalue weighted by Gasteiger charge is -2.07. The Morgan fingerprint density at radius 1 is 1.29 bits per heavy atom. The molecule has 5 N–H and O–H groups in total. The molecule has 1 amide bonds. The first kappa shape index (κ1) is 15.6. The number of carbonyl (C=O) groups excluding carboxylic acids is 1. The third kappa shape index (κ3) is 4.61.